The molecule has 1 aliphatic rings. The van der Waals surface area contributed by atoms with Gasteiger partial charge < -0.3 is 10.1 Å². The molecule has 2 unspecified atom stereocenters. The van der Waals surface area contributed by atoms with Crippen LogP contribution in [0.5, 0.6) is 0 Å². The molecule has 22 heavy (non-hydrogen) atoms. The summed E-state index contributed by atoms with van der Waals surface area (Å²) in [5.41, 5.74) is 1.28. The van der Waals surface area contributed by atoms with Crippen molar-refractivity contribution in [3.8, 4) is 0 Å². The molecule has 1 aliphatic heterocycles. The van der Waals surface area contributed by atoms with Crippen LogP contribution >= 0.6 is 0 Å². The van der Waals surface area contributed by atoms with Crippen LogP contribution in [0, 0.1) is 5.92 Å². The van der Waals surface area contributed by atoms with Crippen molar-refractivity contribution >= 4 is 19.4 Å². The van der Waals surface area contributed by atoms with Crippen LogP contribution in [0.3, 0.4) is 0 Å². The van der Waals surface area contributed by atoms with Crippen molar-refractivity contribution in [2.75, 3.05) is 6.54 Å². The highest BCUT2D eigenvalue weighted by molar-refractivity contribution is 5.70. The van der Waals surface area contributed by atoms with Crippen molar-refractivity contribution in [1.29, 1.82) is 0 Å². The first kappa shape index (κ1) is 18.3. The highest BCUT2D eigenvalue weighted by atomic mass is 16.6. The van der Waals surface area contributed by atoms with Gasteiger partial charge in [-0.15, -0.1) is 0 Å². The summed E-state index contributed by atoms with van der Waals surface area (Å²) >= 11 is 0. The number of esters is 1. The Morgan fingerprint density at radius 3 is 2.64 bits per heavy atom. The normalized spacial score (nSPS) is 20.3. The van der Waals surface area contributed by atoms with Crippen molar-refractivity contribution in [3.05, 3.63) is 23.5 Å². The maximum atomic E-state index is 11.9. The summed E-state index contributed by atoms with van der Waals surface area (Å²) in [6.07, 6.45) is 4.96. The summed E-state index contributed by atoms with van der Waals surface area (Å²) in [7, 11) is 0. The molecule has 0 saturated carbocycles. The summed E-state index contributed by atoms with van der Waals surface area (Å²) in [6, 6.07) is 0.0467. The van der Waals surface area contributed by atoms with Gasteiger partial charge in [0.15, 0.2) is 0 Å². The number of allylic oxidation sites excluding steroid dienone is 2. The van der Waals surface area contributed by atoms with Crippen LogP contribution in [0.25, 0.3) is 0 Å². The molecule has 2 atom stereocenters. The number of hydrogen-bond donors (Lipinski definition) is 1. The van der Waals surface area contributed by atoms with Gasteiger partial charge in [0.1, 0.15) is 5.60 Å². The lowest BCUT2D eigenvalue weighted by Gasteiger charge is -2.23. The van der Waals surface area contributed by atoms with Gasteiger partial charge in [-0.3, -0.25) is 14.8 Å². The number of nitrogens with one attached hydrogen (secondary N) is 1. The molecular formula is C17H27N3O2. The van der Waals surface area contributed by atoms with Crippen LogP contribution in [-0.2, 0) is 9.53 Å². The molecule has 0 aliphatic carbocycles. The third-order valence-electron chi connectivity index (χ3n) is 3.29. The van der Waals surface area contributed by atoms with Crippen LogP contribution in [0.15, 0.2) is 33.5 Å². The molecular weight excluding hydrogens is 278 g/mol. The molecule has 0 fully saturated rings. The Hall–Kier alpha value is -1.75. The minimum absolute atomic E-state index is 0.0467. The molecule has 5 heteroatoms. The van der Waals surface area contributed by atoms with Crippen molar-refractivity contribution in [1.82, 2.24) is 5.32 Å². The van der Waals surface area contributed by atoms with Crippen LogP contribution in [0.4, 0.5) is 0 Å². The van der Waals surface area contributed by atoms with Crippen molar-refractivity contribution < 1.29 is 9.53 Å². The Morgan fingerprint density at radius 2 is 2.09 bits per heavy atom. The average Bonchev–Trinajstić information content (AvgIpc) is 2.58. The van der Waals surface area contributed by atoms with Gasteiger partial charge in [0.2, 0.25) is 0 Å². The third kappa shape index (κ3) is 6.35. The van der Waals surface area contributed by atoms with Crippen LogP contribution < -0.4 is 5.32 Å². The average molecular weight is 305 g/mol. The SMILES string of the molecule is C=NC1=CC=C(N=C)C(CC(C)CC(=O)OC(C)(C)C)NC1. The number of rotatable bonds is 6. The zero-order chi connectivity index (χ0) is 16.8. The van der Waals surface area contributed by atoms with E-state index in [1.165, 1.54) is 0 Å². The van der Waals surface area contributed by atoms with E-state index in [1.807, 2.05) is 39.8 Å². The van der Waals surface area contributed by atoms with E-state index in [4.69, 9.17) is 4.74 Å². The fraction of sp³-hybridized carbons (Fsp3) is 0.588. The molecule has 0 amide bonds. The number of hydrogen-bond acceptors (Lipinski definition) is 5. The Morgan fingerprint density at radius 1 is 1.41 bits per heavy atom. The summed E-state index contributed by atoms with van der Waals surface area (Å²) in [6.45, 7) is 15.5. The van der Waals surface area contributed by atoms with Crippen molar-refractivity contribution in [3.63, 3.8) is 0 Å². The van der Waals surface area contributed by atoms with Crippen LogP contribution in [0.1, 0.15) is 40.5 Å². The molecule has 0 radical (unpaired) electrons. The molecule has 1 heterocycles. The van der Waals surface area contributed by atoms with E-state index in [1.54, 1.807) is 0 Å². The number of ether oxygens (including phenoxy) is 1. The molecule has 122 valence electrons. The van der Waals surface area contributed by atoms with Crippen LogP contribution in [0.2, 0.25) is 0 Å². The first-order chi connectivity index (χ1) is 10.2. The van der Waals surface area contributed by atoms with E-state index < -0.39 is 5.60 Å². The quantitative estimate of drug-likeness (QED) is 0.606. The summed E-state index contributed by atoms with van der Waals surface area (Å²) < 4.78 is 5.37. The first-order valence-corrected chi connectivity index (χ1v) is 7.54. The summed E-state index contributed by atoms with van der Waals surface area (Å²) in [5.74, 6) is 0.00743. The largest absolute Gasteiger partial charge is 0.460 e. The van der Waals surface area contributed by atoms with Crippen molar-refractivity contribution in [2.24, 2.45) is 15.9 Å². The summed E-state index contributed by atoms with van der Waals surface area (Å²) in [5, 5.41) is 3.38. The highest BCUT2D eigenvalue weighted by Crippen LogP contribution is 2.21. The molecule has 0 aromatic heterocycles. The van der Waals surface area contributed by atoms with Crippen molar-refractivity contribution in [2.45, 2.75) is 52.2 Å². The van der Waals surface area contributed by atoms with Gasteiger partial charge in [-0.25, -0.2) is 0 Å². The fourth-order valence-electron chi connectivity index (χ4n) is 2.32. The second-order valence-corrected chi connectivity index (χ2v) is 6.63. The van der Waals surface area contributed by atoms with E-state index in [-0.39, 0.29) is 17.9 Å². The third-order valence-corrected chi connectivity index (χ3v) is 3.29. The Balaban J connectivity index is 2.60. The van der Waals surface area contributed by atoms with Gasteiger partial charge in [-0.05, 0) is 58.7 Å². The first-order valence-electron chi connectivity index (χ1n) is 7.54. The molecule has 0 aromatic carbocycles. The van der Waals surface area contributed by atoms with Gasteiger partial charge in [0.25, 0.3) is 0 Å². The minimum atomic E-state index is -0.445. The van der Waals surface area contributed by atoms with E-state index in [0.29, 0.717) is 13.0 Å². The predicted molar refractivity (Wildman–Crippen MR) is 91.3 cm³/mol. The molecule has 1 rings (SSSR count). The zero-order valence-electron chi connectivity index (χ0n) is 14.1. The highest BCUT2D eigenvalue weighted by Gasteiger charge is 2.23. The number of carbonyl (C=O) groups is 1. The topological polar surface area (TPSA) is 63.0 Å². The number of nitrogens with zero attached hydrogens (tertiary/aromatic N) is 2. The van der Waals surface area contributed by atoms with E-state index >= 15 is 0 Å². The predicted octanol–water partition coefficient (Wildman–Crippen LogP) is 2.89. The van der Waals surface area contributed by atoms with Gasteiger partial charge in [0.05, 0.1) is 17.4 Å². The monoisotopic (exact) mass is 305 g/mol. The number of aliphatic imine (C=N–C) groups is 2. The Bertz CT molecular complexity index is 487. The van der Waals surface area contributed by atoms with Gasteiger partial charge in [-0.2, -0.15) is 0 Å². The lowest BCUT2D eigenvalue weighted by atomic mass is 9.96. The molecule has 1 N–H and O–H groups in total. The minimum Gasteiger partial charge on any atom is -0.460 e. The molecule has 0 aromatic rings. The lowest BCUT2D eigenvalue weighted by Crippen LogP contribution is -2.33. The van der Waals surface area contributed by atoms with Crippen LogP contribution in [-0.4, -0.2) is 37.6 Å². The fourth-order valence-corrected chi connectivity index (χ4v) is 2.32. The van der Waals surface area contributed by atoms with E-state index in [0.717, 1.165) is 17.8 Å². The summed E-state index contributed by atoms with van der Waals surface area (Å²) in [4.78, 5) is 19.9. The molecule has 0 saturated heterocycles. The maximum absolute atomic E-state index is 11.9. The molecule has 0 bridgehead atoms. The number of carbonyl (C=O) groups excluding carboxylic acids is 1. The van der Waals surface area contributed by atoms with E-state index in [9.17, 15) is 4.79 Å². The molecule has 0 spiro atoms. The Kier molecular flexibility index (Phi) is 6.68. The molecule has 5 nitrogen and oxygen atoms in total. The van der Waals surface area contributed by atoms with Gasteiger partial charge >= 0.3 is 5.97 Å². The second kappa shape index (κ2) is 8.03. The standard InChI is InChI=1S/C17H27N3O2/c1-12(10-16(21)22-17(2,3)4)9-15-14(19-6)8-7-13(18-5)11-20-15/h7-8,12,15,20H,5-6,9-11H2,1-4H3. The Labute approximate surface area is 133 Å². The smallest absolute Gasteiger partial charge is 0.306 e. The zero-order valence-corrected chi connectivity index (χ0v) is 14.1. The van der Waals surface area contributed by atoms with Gasteiger partial charge in [0, 0.05) is 13.0 Å². The maximum Gasteiger partial charge on any atom is 0.306 e. The lowest BCUT2D eigenvalue weighted by molar-refractivity contribution is -0.155. The van der Waals surface area contributed by atoms with E-state index in [2.05, 4.69) is 28.7 Å². The van der Waals surface area contributed by atoms with Gasteiger partial charge in [-0.1, -0.05) is 6.92 Å². The second-order valence-electron chi connectivity index (χ2n) is 6.63.